The van der Waals surface area contributed by atoms with Crippen LogP contribution < -0.4 is 10.1 Å². The molecule has 1 N–H and O–H groups in total. The SMILES string of the molecule is CCCNc1nc(OC)nc(-c2nccn2C)n1. The summed E-state index contributed by atoms with van der Waals surface area (Å²) in [7, 11) is 3.42. The Kier molecular flexibility index (Phi) is 3.71. The summed E-state index contributed by atoms with van der Waals surface area (Å²) in [6.45, 7) is 2.87. The Morgan fingerprint density at radius 3 is 2.78 bits per heavy atom. The molecule has 2 aromatic heterocycles. The molecule has 0 fully saturated rings. The Morgan fingerprint density at radius 1 is 1.33 bits per heavy atom. The Balaban J connectivity index is 2.38. The Bertz CT molecular complexity index is 524. The summed E-state index contributed by atoms with van der Waals surface area (Å²) in [6, 6.07) is 0.279. The fraction of sp³-hybridized carbons (Fsp3) is 0.455. The van der Waals surface area contributed by atoms with Crippen LogP contribution in [0.2, 0.25) is 0 Å². The number of nitrogens with one attached hydrogen (secondary N) is 1. The molecule has 18 heavy (non-hydrogen) atoms. The van der Waals surface area contributed by atoms with Gasteiger partial charge in [-0.15, -0.1) is 0 Å². The van der Waals surface area contributed by atoms with Crippen LogP contribution in [0.1, 0.15) is 13.3 Å². The first-order valence-corrected chi connectivity index (χ1v) is 5.76. The number of anilines is 1. The van der Waals surface area contributed by atoms with E-state index in [1.807, 2.05) is 17.8 Å². The molecule has 0 amide bonds. The van der Waals surface area contributed by atoms with Crippen molar-refractivity contribution in [2.45, 2.75) is 13.3 Å². The van der Waals surface area contributed by atoms with Crippen molar-refractivity contribution in [2.75, 3.05) is 19.0 Å². The number of imidazole rings is 1. The second kappa shape index (κ2) is 5.44. The Hall–Kier alpha value is -2.18. The van der Waals surface area contributed by atoms with Crippen molar-refractivity contribution in [1.29, 1.82) is 0 Å². The molecule has 0 aliphatic heterocycles. The number of aromatic nitrogens is 5. The minimum Gasteiger partial charge on any atom is -0.467 e. The van der Waals surface area contributed by atoms with Crippen LogP contribution in [0.4, 0.5) is 5.95 Å². The van der Waals surface area contributed by atoms with Gasteiger partial charge in [-0.1, -0.05) is 6.92 Å². The molecule has 7 nitrogen and oxygen atoms in total. The van der Waals surface area contributed by atoms with Crippen LogP contribution >= 0.6 is 0 Å². The van der Waals surface area contributed by atoms with Gasteiger partial charge in [0.25, 0.3) is 0 Å². The van der Waals surface area contributed by atoms with Gasteiger partial charge in [0.15, 0.2) is 5.82 Å². The number of ether oxygens (including phenoxy) is 1. The van der Waals surface area contributed by atoms with Gasteiger partial charge in [-0.25, -0.2) is 4.98 Å². The van der Waals surface area contributed by atoms with E-state index in [4.69, 9.17) is 4.74 Å². The molecule has 0 atom stereocenters. The van der Waals surface area contributed by atoms with E-state index in [1.165, 1.54) is 7.11 Å². The summed E-state index contributed by atoms with van der Waals surface area (Å²) in [5.41, 5.74) is 0. The number of hydrogen-bond acceptors (Lipinski definition) is 6. The van der Waals surface area contributed by atoms with Crippen LogP contribution in [0.15, 0.2) is 12.4 Å². The fourth-order valence-corrected chi connectivity index (χ4v) is 1.44. The molecule has 96 valence electrons. The van der Waals surface area contributed by atoms with E-state index >= 15 is 0 Å². The first-order chi connectivity index (χ1) is 8.74. The van der Waals surface area contributed by atoms with Gasteiger partial charge in [-0.3, -0.25) is 0 Å². The molecule has 2 rings (SSSR count). The van der Waals surface area contributed by atoms with Crippen molar-refractivity contribution in [3.63, 3.8) is 0 Å². The lowest BCUT2D eigenvalue weighted by Crippen LogP contribution is -2.08. The van der Waals surface area contributed by atoms with Crippen LogP contribution in [0.25, 0.3) is 11.6 Å². The predicted molar refractivity (Wildman–Crippen MR) is 67.4 cm³/mol. The lowest BCUT2D eigenvalue weighted by molar-refractivity contribution is 0.379. The minimum absolute atomic E-state index is 0.279. The van der Waals surface area contributed by atoms with E-state index in [0.29, 0.717) is 17.6 Å². The molecule has 7 heteroatoms. The molecule has 0 aromatic carbocycles. The number of nitrogens with zero attached hydrogens (tertiary/aromatic N) is 5. The summed E-state index contributed by atoms with van der Waals surface area (Å²) in [6.07, 6.45) is 4.53. The van der Waals surface area contributed by atoms with Crippen LogP contribution in [-0.4, -0.2) is 38.2 Å². The van der Waals surface area contributed by atoms with Gasteiger partial charge in [0.05, 0.1) is 7.11 Å². The van der Waals surface area contributed by atoms with Gasteiger partial charge in [0.1, 0.15) is 0 Å². The zero-order valence-electron chi connectivity index (χ0n) is 10.7. The molecule has 0 spiro atoms. The first-order valence-electron chi connectivity index (χ1n) is 5.76. The second-order valence-corrected chi connectivity index (χ2v) is 3.76. The van der Waals surface area contributed by atoms with E-state index < -0.39 is 0 Å². The monoisotopic (exact) mass is 248 g/mol. The van der Waals surface area contributed by atoms with Crippen molar-refractivity contribution >= 4 is 5.95 Å². The third-order valence-electron chi connectivity index (χ3n) is 2.35. The van der Waals surface area contributed by atoms with Gasteiger partial charge in [0, 0.05) is 26.0 Å². The molecule has 0 aliphatic carbocycles. The van der Waals surface area contributed by atoms with Crippen molar-refractivity contribution in [3.8, 4) is 17.7 Å². The predicted octanol–water partition coefficient (Wildman–Crippen LogP) is 1.10. The highest BCUT2D eigenvalue weighted by atomic mass is 16.5. The molecule has 0 saturated carbocycles. The van der Waals surface area contributed by atoms with E-state index in [2.05, 4.69) is 32.2 Å². The van der Waals surface area contributed by atoms with Gasteiger partial charge >= 0.3 is 6.01 Å². The summed E-state index contributed by atoms with van der Waals surface area (Å²) in [5, 5.41) is 3.11. The third-order valence-corrected chi connectivity index (χ3v) is 2.35. The molecule has 0 saturated heterocycles. The van der Waals surface area contributed by atoms with E-state index in [-0.39, 0.29) is 6.01 Å². The van der Waals surface area contributed by atoms with Crippen LogP contribution in [0.3, 0.4) is 0 Å². The molecule has 0 unspecified atom stereocenters. The fourth-order valence-electron chi connectivity index (χ4n) is 1.44. The maximum Gasteiger partial charge on any atom is 0.321 e. The van der Waals surface area contributed by atoms with Crippen molar-refractivity contribution in [3.05, 3.63) is 12.4 Å². The van der Waals surface area contributed by atoms with E-state index in [0.717, 1.165) is 13.0 Å². The third kappa shape index (κ3) is 2.55. The second-order valence-electron chi connectivity index (χ2n) is 3.76. The normalized spacial score (nSPS) is 10.4. The Morgan fingerprint density at radius 2 is 2.17 bits per heavy atom. The van der Waals surface area contributed by atoms with Crippen molar-refractivity contribution in [2.24, 2.45) is 7.05 Å². The number of rotatable bonds is 5. The highest BCUT2D eigenvalue weighted by molar-refractivity contribution is 5.47. The van der Waals surface area contributed by atoms with Crippen LogP contribution in [0, 0.1) is 0 Å². The zero-order valence-corrected chi connectivity index (χ0v) is 10.7. The first kappa shape index (κ1) is 12.3. The summed E-state index contributed by atoms with van der Waals surface area (Å²) >= 11 is 0. The maximum atomic E-state index is 5.07. The number of hydrogen-bond donors (Lipinski definition) is 1. The van der Waals surface area contributed by atoms with Gasteiger partial charge in [-0.05, 0) is 6.42 Å². The number of aryl methyl sites for hydroxylation is 1. The average molecular weight is 248 g/mol. The molecular formula is C11H16N6O. The molecule has 0 aliphatic rings. The van der Waals surface area contributed by atoms with E-state index in [9.17, 15) is 0 Å². The molecular weight excluding hydrogens is 232 g/mol. The lowest BCUT2D eigenvalue weighted by Gasteiger charge is -2.07. The average Bonchev–Trinajstić information content (AvgIpc) is 2.82. The highest BCUT2D eigenvalue weighted by Crippen LogP contribution is 2.16. The topological polar surface area (TPSA) is 77.8 Å². The van der Waals surface area contributed by atoms with E-state index in [1.54, 1.807) is 6.20 Å². The van der Waals surface area contributed by atoms with Crippen LogP contribution in [-0.2, 0) is 7.05 Å². The standard InChI is InChI=1S/C11H16N6O/c1-4-5-13-10-14-8(15-11(16-10)18-3)9-12-6-7-17(9)2/h6-7H,4-5H2,1-3H3,(H,13,14,15,16). The smallest absolute Gasteiger partial charge is 0.321 e. The summed E-state index contributed by atoms with van der Waals surface area (Å²) in [5.74, 6) is 1.67. The highest BCUT2D eigenvalue weighted by Gasteiger charge is 2.11. The van der Waals surface area contributed by atoms with Crippen molar-refractivity contribution in [1.82, 2.24) is 24.5 Å². The van der Waals surface area contributed by atoms with Gasteiger partial charge < -0.3 is 14.6 Å². The summed E-state index contributed by atoms with van der Waals surface area (Å²) < 4.78 is 6.92. The molecule has 0 radical (unpaired) electrons. The zero-order chi connectivity index (χ0) is 13.0. The van der Waals surface area contributed by atoms with Gasteiger partial charge in [-0.2, -0.15) is 15.0 Å². The minimum atomic E-state index is 0.279. The molecule has 2 aromatic rings. The number of methoxy groups -OCH3 is 1. The quantitative estimate of drug-likeness (QED) is 0.853. The lowest BCUT2D eigenvalue weighted by atomic mass is 10.5. The van der Waals surface area contributed by atoms with Gasteiger partial charge in [0.2, 0.25) is 11.8 Å². The largest absolute Gasteiger partial charge is 0.467 e. The molecule has 2 heterocycles. The van der Waals surface area contributed by atoms with Crippen molar-refractivity contribution < 1.29 is 4.74 Å². The summed E-state index contributed by atoms with van der Waals surface area (Å²) in [4.78, 5) is 16.9. The molecule has 0 bridgehead atoms. The maximum absolute atomic E-state index is 5.07. The van der Waals surface area contributed by atoms with Crippen LogP contribution in [0.5, 0.6) is 6.01 Å². The Labute approximate surface area is 105 Å².